The molecule has 2 aromatic heterocycles. The van der Waals surface area contributed by atoms with Gasteiger partial charge in [0.05, 0.1) is 18.6 Å². The van der Waals surface area contributed by atoms with E-state index < -0.39 is 5.97 Å². The van der Waals surface area contributed by atoms with E-state index in [1.165, 1.54) is 0 Å². The first-order chi connectivity index (χ1) is 13.1. The molecular formula is C20H23N5O2. The highest BCUT2D eigenvalue weighted by Gasteiger charge is 2.27. The number of aliphatic carboxylic acids is 1. The van der Waals surface area contributed by atoms with Crippen LogP contribution in [0, 0.1) is 0 Å². The third kappa shape index (κ3) is 3.50. The summed E-state index contributed by atoms with van der Waals surface area (Å²) in [5.74, 6) is 0.121. The molecule has 1 saturated heterocycles. The molecule has 4 rings (SSSR count). The second-order valence-corrected chi connectivity index (χ2v) is 6.98. The lowest BCUT2D eigenvalue weighted by Crippen LogP contribution is -2.38. The van der Waals surface area contributed by atoms with Crippen molar-refractivity contribution < 1.29 is 9.90 Å². The molecule has 0 unspecified atom stereocenters. The minimum absolute atomic E-state index is 0.109. The number of aryl methyl sites for hydroxylation is 1. The normalized spacial score (nSPS) is 15.9. The van der Waals surface area contributed by atoms with Gasteiger partial charge < -0.3 is 14.2 Å². The molecular weight excluding hydrogens is 342 g/mol. The van der Waals surface area contributed by atoms with Crippen molar-refractivity contribution in [1.29, 1.82) is 0 Å². The molecule has 27 heavy (non-hydrogen) atoms. The first-order valence-electron chi connectivity index (χ1n) is 9.17. The lowest BCUT2D eigenvalue weighted by atomic mass is 10.0. The Bertz CT molecular complexity index is 923. The van der Waals surface area contributed by atoms with Crippen molar-refractivity contribution >= 4 is 5.97 Å². The Hall–Kier alpha value is -2.93. The molecule has 0 spiro atoms. The van der Waals surface area contributed by atoms with E-state index in [0.717, 1.165) is 48.7 Å². The number of hydrogen-bond donors (Lipinski definition) is 1. The molecule has 0 saturated carbocycles. The molecule has 7 heteroatoms. The van der Waals surface area contributed by atoms with E-state index in [-0.39, 0.29) is 12.6 Å². The number of rotatable bonds is 5. The van der Waals surface area contributed by atoms with Crippen LogP contribution in [0.3, 0.4) is 0 Å². The van der Waals surface area contributed by atoms with Crippen molar-refractivity contribution in [1.82, 2.24) is 24.0 Å². The number of carboxylic acids is 1. The summed E-state index contributed by atoms with van der Waals surface area (Å²) in [7, 11) is 1.99. The smallest absolute Gasteiger partial charge is 0.317 e. The second kappa shape index (κ2) is 7.36. The topological polar surface area (TPSA) is 76.2 Å². The summed E-state index contributed by atoms with van der Waals surface area (Å²) >= 11 is 0. The Morgan fingerprint density at radius 1 is 1.19 bits per heavy atom. The van der Waals surface area contributed by atoms with Crippen molar-refractivity contribution in [3.63, 3.8) is 0 Å². The molecule has 1 fully saturated rings. The highest BCUT2D eigenvalue weighted by molar-refractivity contribution is 5.75. The van der Waals surface area contributed by atoms with E-state index in [0.29, 0.717) is 0 Å². The fourth-order valence-corrected chi connectivity index (χ4v) is 3.81. The highest BCUT2D eigenvalue weighted by atomic mass is 16.4. The van der Waals surface area contributed by atoms with Crippen LogP contribution >= 0.6 is 0 Å². The number of aromatic nitrogens is 4. The third-order valence-electron chi connectivity index (χ3n) is 5.18. The first kappa shape index (κ1) is 17.5. The molecule has 0 aliphatic carbocycles. The van der Waals surface area contributed by atoms with E-state index in [4.69, 9.17) is 10.1 Å². The quantitative estimate of drug-likeness (QED) is 0.752. The van der Waals surface area contributed by atoms with Crippen molar-refractivity contribution in [3.05, 3.63) is 49.1 Å². The molecule has 3 aromatic rings. The molecule has 1 aromatic carbocycles. The lowest BCUT2D eigenvalue weighted by molar-refractivity contribution is -0.138. The summed E-state index contributed by atoms with van der Waals surface area (Å²) in [4.78, 5) is 22.2. The largest absolute Gasteiger partial charge is 0.480 e. The summed E-state index contributed by atoms with van der Waals surface area (Å²) < 4.78 is 4.24. The van der Waals surface area contributed by atoms with Crippen LogP contribution in [-0.2, 0) is 11.8 Å². The van der Waals surface area contributed by atoms with E-state index in [9.17, 15) is 4.79 Å². The number of nitrogens with zero attached hydrogens (tertiary/aromatic N) is 5. The number of likely N-dealkylation sites (tertiary alicyclic amines) is 1. The first-order valence-corrected chi connectivity index (χ1v) is 9.17. The number of carbonyl (C=O) groups is 1. The lowest BCUT2D eigenvalue weighted by Gasteiger charge is -2.32. The van der Waals surface area contributed by atoms with Gasteiger partial charge in [-0.2, -0.15) is 0 Å². The van der Waals surface area contributed by atoms with Gasteiger partial charge in [0.15, 0.2) is 5.82 Å². The van der Waals surface area contributed by atoms with Crippen molar-refractivity contribution in [2.75, 3.05) is 19.6 Å². The van der Waals surface area contributed by atoms with Crippen LogP contribution in [0.15, 0.2) is 49.1 Å². The van der Waals surface area contributed by atoms with Gasteiger partial charge in [-0.3, -0.25) is 9.69 Å². The summed E-state index contributed by atoms with van der Waals surface area (Å²) in [6.45, 7) is 1.66. The summed E-state index contributed by atoms with van der Waals surface area (Å²) in [5, 5.41) is 9.01. The number of hydrogen-bond acceptors (Lipinski definition) is 4. The Morgan fingerprint density at radius 3 is 2.56 bits per heavy atom. The summed E-state index contributed by atoms with van der Waals surface area (Å²) in [6.07, 6.45) is 7.45. The standard InChI is InChI=1S/C20H23N5O2/c1-23-12-9-21-20(23)19-18(15-5-3-2-4-6-15)22-14-25(19)16-7-10-24(11-8-16)13-17(26)27/h2-6,9,12,14,16H,7-8,10-11,13H2,1H3,(H,26,27). The molecule has 0 atom stereocenters. The highest BCUT2D eigenvalue weighted by Crippen LogP contribution is 2.35. The molecule has 7 nitrogen and oxygen atoms in total. The van der Waals surface area contributed by atoms with Crippen LogP contribution in [-0.4, -0.2) is 54.7 Å². The number of benzene rings is 1. The zero-order chi connectivity index (χ0) is 18.8. The van der Waals surface area contributed by atoms with E-state index in [2.05, 4.69) is 21.7 Å². The van der Waals surface area contributed by atoms with Gasteiger partial charge in [0.2, 0.25) is 0 Å². The van der Waals surface area contributed by atoms with Gasteiger partial charge in [-0.15, -0.1) is 0 Å². The van der Waals surface area contributed by atoms with Crippen LogP contribution < -0.4 is 0 Å². The van der Waals surface area contributed by atoms with Gasteiger partial charge >= 0.3 is 5.97 Å². The van der Waals surface area contributed by atoms with Gasteiger partial charge in [0.1, 0.15) is 5.69 Å². The van der Waals surface area contributed by atoms with Crippen molar-refractivity contribution in [3.8, 4) is 22.8 Å². The summed E-state index contributed by atoms with van der Waals surface area (Å²) in [5.41, 5.74) is 3.01. The third-order valence-corrected chi connectivity index (χ3v) is 5.18. The van der Waals surface area contributed by atoms with Crippen molar-refractivity contribution in [2.24, 2.45) is 7.05 Å². The van der Waals surface area contributed by atoms with Crippen LogP contribution in [0.1, 0.15) is 18.9 Å². The molecule has 1 N–H and O–H groups in total. The molecule has 1 aliphatic heterocycles. The summed E-state index contributed by atoms with van der Waals surface area (Å²) in [6, 6.07) is 10.4. The predicted molar refractivity (Wildman–Crippen MR) is 102 cm³/mol. The second-order valence-electron chi connectivity index (χ2n) is 6.98. The van der Waals surface area contributed by atoms with Gasteiger partial charge in [0.25, 0.3) is 0 Å². The van der Waals surface area contributed by atoms with Gasteiger partial charge in [0, 0.05) is 44.1 Å². The molecule has 0 amide bonds. The maximum absolute atomic E-state index is 11.0. The zero-order valence-electron chi connectivity index (χ0n) is 15.3. The average Bonchev–Trinajstić information content (AvgIpc) is 3.28. The fraction of sp³-hybridized carbons (Fsp3) is 0.350. The Labute approximate surface area is 157 Å². The molecule has 0 bridgehead atoms. The Balaban J connectivity index is 1.69. The van der Waals surface area contributed by atoms with Gasteiger partial charge in [-0.05, 0) is 12.8 Å². The van der Waals surface area contributed by atoms with Crippen molar-refractivity contribution in [2.45, 2.75) is 18.9 Å². The Kier molecular flexibility index (Phi) is 4.77. The predicted octanol–water partition coefficient (Wildman–Crippen LogP) is 2.67. The average molecular weight is 365 g/mol. The monoisotopic (exact) mass is 365 g/mol. The maximum atomic E-state index is 11.0. The van der Waals surface area contributed by atoms with Crippen LogP contribution in [0.25, 0.3) is 22.8 Å². The number of piperidine rings is 1. The van der Waals surface area contributed by atoms with Crippen LogP contribution in [0.4, 0.5) is 0 Å². The minimum Gasteiger partial charge on any atom is -0.480 e. The molecule has 3 heterocycles. The van der Waals surface area contributed by atoms with Gasteiger partial charge in [-0.25, -0.2) is 9.97 Å². The minimum atomic E-state index is -0.767. The number of imidazole rings is 2. The van der Waals surface area contributed by atoms with Crippen LogP contribution in [0.2, 0.25) is 0 Å². The Morgan fingerprint density at radius 2 is 1.93 bits per heavy atom. The number of carboxylic acid groups (broad SMARTS) is 1. The molecule has 0 radical (unpaired) electrons. The SMILES string of the molecule is Cn1ccnc1-c1c(-c2ccccc2)ncn1C1CCN(CC(=O)O)CC1. The van der Waals surface area contributed by atoms with Gasteiger partial charge in [-0.1, -0.05) is 30.3 Å². The maximum Gasteiger partial charge on any atom is 0.317 e. The van der Waals surface area contributed by atoms with E-state index in [1.807, 2.05) is 47.2 Å². The van der Waals surface area contributed by atoms with E-state index in [1.54, 1.807) is 6.20 Å². The zero-order valence-corrected chi connectivity index (χ0v) is 15.3. The molecule has 1 aliphatic rings. The fourth-order valence-electron chi connectivity index (χ4n) is 3.81. The van der Waals surface area contributed by atoms with Crippen LogP contribution in [0.5, 0.6) is 0 Å². The molecule has 140 valence electrons. The van der Waals surface area contributed by atoms with E-state index >= 15 is 0 Å².